The number of nitrogens with zero attached hydrogens (tertiary/aromatic N) is 2. The number of aryl methyl sites for hydroxylation is 1. The van der Waals surface area contributed by atoms with Crippen LogP contribution in [0.3, 0.4) is 0 Å². The van der Waals surface area contributed by atoms with E-state index in [2.05, 4.69) is 33.8 Å². The molecule has 0 spiro atoms. The summed E-state index contributed by atoms with van der Waals surface area (Å²) in [6, 6.07) is 0. The molecule has 0 aliphatic carbocycles. The summed E-state index contributed by atoms with van der Waals surface area (Å²) < 4.78 is 0. The summed E-state index contributed by atoms with van der Waals surface area (Å²) in [5.74, 6) is 2.13. The van der Waals surface area contributed by atoms with Gasteiger partial charge in [-0.25, -0.2) is 9.98 Å². The van der Waals surface area contributed by atoms with Crippen molar-refractivity contribution >= 4 is 29.1 Å². The first kappa shape index (κ1) is 16.3. The average molecular weight is 300 g/mol. The van der Waals surface area contributed by atoms with Gasteiger partial charge < -0.3 is 10.6 Å². The number of thioether (sulfide) groups is 1. The molecule has 2 N–H and O–H groups in total. The molecule has 0 saturated carbocycles. The number of hydrogen-bond donors (Lipinski definition) is 2. The van der Waals surface area contributed by atoms with Gasteiger partial charge in [-0.3, -0.25) is 0 Å². The van der Waals surface area contributed by atoms with Crippen molar-refractivity contribution in [1.82, 2.24) is 15.6 Å². The molecule has 0 aromatic carbocycles. The SMILES string of the molecule is CCNC(=NCc1scnc1C)NCCCCSC. The molecule has 6 heteroatoms. The van der Waals surface area contributed by atoms with Crippen LogP contribution in [-0.2, 0) is 6.54 Å². The third-order valence-electron chi connectivity index (χ3n) is 2.64. The molecule has 1 heterocycles. The van der Waals surface area contributed by atoms with Crippen molar-refractivity contribution in [1.29, 1.82) is 0 Å². The van der Waals surface area contributed by atoms with Crippen LogP contribution in [0, 0.1) is 6.92 Å². The highest BCUT2D eigenvalue weighted by molar-refractivity contribution is 7.98. The van der Waals surface area contributed by atoms with Crippen LogP contribution in [-0.4, -0.2) is 36.0 Å². The minimum Gasteiger partial charge on any atom is -0.357 e. The molecule has 0 aliphatic rings. The highest BCUT2D eigenvalue weighted by atomic mass is 32.2. The second-order valence-corrected chi connectivity index (χ2v) is 6.11. The summed E-state index contributed by atoms with van der Waals surface area (Å²) in [5, 5.41) is 6.65. The number of aliphatic imine (C=N–C) groups is 1. The van der Waals surface area contributed by atoms with E-state index in [-0.39, 0.29) is 0 Å². The number of aromatic nitrogens is 1. The Morgan fingerprint density at radius 3 is 2.89 bits per heavy atom. The maximum absolute atomic E-state index is 4.59. The fourth-order valence-electron chi connectivity index (χ4n) is 1.55. The van der Waals surface area contributed by atoms with Gasteiger partial charge in [-0.2, -0.15) is 11.8 Å². The van der Waals surface area contributed by atoms with Crippen molar-refractivity contribution in [3.05, 3.63) is 16.1 Å². The Bertz CT molecular complexity index is 376. The molecule has 0 unspecified atom stereocenters. The van der Waals surface area contributed by atoms with Gasteiger partial charge in [-0.05, 0) is 38.7 Å². The third-order valence-corrected chi connectivity index (χ3v) is 4.25. The van der Waals surface area contributed by atoms with Crippen LogP contribution in [0.15, 0.2) is 10.5 Å². The second kappa shape index (κ2) is 10.1. The predicted octanol–water partition coefficient (Wildman–Crippen LogP) is 2.65. The molecule has 0 bridgehead atoms. The van der Waals surface area contributed by atoms with Crippen molar-refractivity contribution in [3.63, 3.8) is 0 Å². The fourth-order valence-corrected chi connectivity index (χ4v) is 2.74. The summed E-state index contributed by atoms with van der Waals surface area (Å²) in [6.07, 6.45) is 4.59. The van der Waals surface area contributed by atoms with E-state index in [0.717, 1.165) is 24.7 Å². The molecule has 0 saturated heterocycles. The van der Waals surface area contributed by atoms with Crippen molar-refractivity contribution in [2.45, 2.75) is 33.2 Å². The molecule has 0 radical (unpaired) electrons. The Balaban J connectivity index is 2.36. The molecule has 1 aromatic rings. The molecule has 0 aliphatic heterocycles. The van der Waals surface area contributed by atoms with Crippen LogP contribution in [0.2, 0.25) is 0 Å². The topological polar surface area (TPSA) is 49.3 Å². The molecular weight excluding hydrogens is 276 g/mol. The maximum Gasteiger partial charge on any atom is 0.191 e. The van der Waals surface area contributed by atoms with E-state index >= 15 is 0 Å². The number of unbranched alkanes of at least 4 members (excludes halogenated alkanes) is 1. The van der Waals surface area contributed by atoms with Crippen LogP contribution in [0.4, 0.5) is 0 Å². The molecule has 108 valence electrons. The van der Waals surface area contributed by atoms with E-state index in [9.17, 15) is 0 Å². The van der Waals surface area contributed by atoms with Crippen LogP contribution < -0.4 is 10.6 Å². The monoisotopic (exact) mass is 300 g/mol. The number of rotatable bonds is 8. The first-order valence-electron chi connectivity index (χ1n) is 6.68. The van der Waals surface area contributed by atoms with E-state index in [1.54, 1.807) is 11.3 Å². The molecular formula is C13H24N4S2. The van der Waals surface area contributed by atoms with Gasteiger partial charge in [0.25, 0.3) is 0 Å². The summed E-state index contributed by atoms with van der Waals surface area (Å²) in [5.41, 5.74) is 2.97. The number of nitrogens with one attached hydrogen (secondary N) is 2. The lowest BCUT2D eigenvalue weighted by Gasteiger charge is -2.10. The minimum atomic E-state index is 0.705. The first-order chi connectivity index (χ1) is 9.27. The maximum atomic E-state index is 4.59. The largest absolute Gasteiger partial charge is 0.357 e. The first-order valence-corrected chi connectivity index (χ1v) is 8.95. The zero-order chi connectivity index (χ0) is 13.9. The molecule has 0 amide bonds. The van der Waals surface area contributed by atoms with Crippen molar-refractivity contribution < 1.29 is 0 Å². The van der Waals surface area contributed by atoms with Gasteiger partial charge in [0.15, 0.2) is 5.96 Å². The predicted molar refractivity (Wildman–Crippen MR) is 87.3 cm³/mol. The quantitative estimate of drug-likeness (QED) is 0.440. The van der Waals surface area contributed by atoms with Gasteiger partial charge in [0.2, 0.25) is 0 Å². The summed E-state index contributed by atoms with van der Waals surface area (Å²) in [6.45, 7) is 6.69. The van der Waals surface area contributed by atoms with Crippen LogP contribution in [0.25, 0.3) is 0 Å². The Morgan fingerprint density at radius 2 is 2.26 bits per heavy atom. The van der Waals surface area contributed by atoms with Crippen molar-refractivity contribution in [2.24, 2.45) is 4.99 Å². The van der Waals surface area contributed by atoms with E-state index < -0.39 is 0 Å². The lowest BCUT2D eigenvalue weighted by atomic mass is 10.3. The van der Waals surface area contributed by atoms with Gasteiger partial charge >= 0.3 is 0 Å². The Kier molecular flexibility index (Phi) is 8.66. The third kappa shape index (κ3) is 6.82. The molecule has 1 rings (SSSR count). The highest BCUT2D eigenvalue weighted by Crippen LogP contribution is 2.12. The Hall–Kier alpha value is -0.750. The number of hydrogen-bond acceptors (Lipinski definition) is 4. The van der Waals surface area contributed by atoms with Gasteiger partial charge in [0.05, 0.1) is 17.7 Å². The molecule has 19 heavy (non-hydrogen) atoms. The summed E-state index contributed by atoms with van der Waals surface area (Å²) in [7, 11) is 0. The Labute approximate surface area is 124 Å². The van der Waals surface area contributed by atoms with E-state index in [4.69, 9.17) is 0 Å². The normalized spacial score (nSPS) is 11.6. The van der Waals surface area contributed by atoms with Crippen molar-refractivity contribution in [3.8, 4) is 0 Å². The zero-order valence-electron chi connectivity index (χ0n) is 12.0. The van der Waals surface area contributed by atoms with E-state index in [0.29, 0.717) is 6.54 Å². The van der Waals surface area contributed by atoms with Crippen LogP contribution >= 0.6 is 23.1 Å². The smallest absolute Gasteiger partial charge is 0.191 e. The van der Waals surface area contributed by atoms with Gasteiger partial charge in [0.1, 0.15) is 0 Å². The van der Waals surface area contributed by atoms with Crippen molar-refractivity contribution in [2.75, 3.05) is 25.1 Å². The average Bonchev–Trinajstić information content (AvgIpc) is 2.81. The number of thiazole rings is 1. The van der Waals surface area contributed by atoms with Crippen LogP contribution in [0.1, 0.15) is 30.3 Å². The lowest BCUT2D eigenvalue weighted by molar-refractivity contribution is 0.734. The van der Waals surface area contributed by atoms with Gasteiger partial charge in [-0.1, -0.05) is 0 Å². The Morgan fingerprint density at radius 1 is 1.42 bits per heavy atom. The lowest BCUT2D eigenvalue weighted by Crippen LogP contribution is -2.37. The van der Waals surface area contributed by atoms with Gasteiger partial charge in [0, 0.05) is 18.0 Å². The fraction of sp³-hybridized carbons (Fsp3) is 0.692. The van der Waals surface area contributed by atoms with Crippen LogP contribution in [0.5, 0.6) is 0 Å². The molecule has 0 atom stereocenters. The molecule has 0 fully saturated rings. The molecule has 1 aromatic heterocycles. The minimum absolute atomic E-state index is 0.705. The highest BCUT2D eigenvalue weighted by Gasteiger charge is 2.01. The van der Waals surface area contributed by atoms with Gasteiger partial charge in [-0.15, -0.1) is 11.3 Å². The summed E-state index contributed by atoms with van der Waals surface area (Å²) >= 11 is 3.57. The van der Waals surface area contributed by atoms with E-state index in [1.165, 1.54) is 23.5 Å². The second-order valence-electron chi connectivity index (χ2n) is 4.18. The summed E-state index contributed by atoms with van der Waals surface area (Å²) in [4.78, 5) is 10.1. The van der Waals surface area contributed by atoms with E-state index in [1.807, 2.05) is 24.2 Å². The molecule has 4 nitrogen and oxygen atoms in total. The number of guanidine groups is 1. The standard InChI is InChI=1S/C13H24N4S2/c1-4-14-13(15-7-5-6-8-18-3)16-9-12-11(2)17-10-19-12/h10H,4-9H2,1-3H3,(H2,14,15,16). The zero-order valence-corrected chi connectivity index (χ0v) is 13.7.